The van der Waals surface area contributed by atoms with Crippen molar-refractivity contribution in [3.8, 4) is 0 Å². The van der Waals surface area contributed by atoms with Crippen LogP contribution in [0.25, 0.3) is 0 Å². The molecular weight excluding hydrogens is 342 g/mol. The van der Waals surface area contributed by atoms with Gasteiger partial charge in [0.05, 0.1) is 5.41 Å². The summed E-state index contributed by atoms with van der Waals surface area (Å²) in [6.07, 6.45) is 7.12. The Kier molecular flexibility index (Phi) is 4.97. The molecular formula is C20H31N5O2. The van der Waals surface area contributed by atoms with Gasteiger partial charge in [-0.25, -0.2) is 0 Å². The number of aromatic nitrogens is 2. The van der Waals surface area contributed by atoms with E-state index in [1.807, 2.05) is 17.2 Å². The lowest BCUT2D eigenvalue weighted by atomic mass is 9.70. The van der Waals surface area contributed by atoms with Gasteiger partial charge in [0.15, 0.2) is 0 Å². The first-order valence-corrected chi connectivity index (χ1v) is 10.4. The predicted molar refractivity (Wildman–Crippen MR) is 102 cm³/mol. The van der Waals surface area contributed by atoms with Gasteiger partial charge in [-0.2, -0.15) is 5.10 Å². The summed E-state index contributed by atoms with van der Waals surface area (Å²) in [6.45, 7) is 9.14. The summed E-state index contributed by atoms with van der Waals surface area (Å²) in [7, 11) is 0. The minimum absolute atomic E-state index is 0.0484. The maximum Gasteiger partial charge on any atom is 0.244 e. The van der Waals surface area contributed by atoms with E-state index in [4.69, 9.17) is 0 Å². The van der Waals surface area contributed by atoms with Crippen LogP contribution in [0.4, 0.5) is 0 Å². The van der Waals surface area contributed by atoms with Crippen LogP contribution in [0.15, 0.2) is 18.5 Å². The number of nitrogens with zero attached hydrogens (tertiary/aromatic N) is 5. The molecule has 3 aliphatic rings. The molecule has 0 radical (unpaired) electrons. The molecule has 0 unspecified atom stereocenters. The number of fused-ring (bicyclic) bond motifs is 2. The van der Waals surface area contributed by atoms with E-state index in [1.165, 1.54) is 0 Å². The summed E-state index contributed by atoms with van der Waals surface area (Å²) in [4.78, 5) is 33.1. The lowest BCUT2D eigenvalue weighted by Gasteiger charge is -2.42. The van der Waals surface area contributed by atoms with E-state index in [0.717, 1.165) is 58.4 Å². The first-order valence-electron chi connectivity index (χ1n) is 10.4. The van der Waals surface area contributed by atoms with Crippen LogP contribution in [0.2, 0.25) is 0 Å². The minimum Gasteiger partial charge on any atom is -0.340 e. The van der Waals surface area contributed by atoms with Crippen molar-refractivity contribution in [2.45, 2.75) is 58.2 Å². The van der Waals surface area contributed by atoms with Gasteiger partial charge < -0.3 is 14.7 Å². The van der Waals surface area contributed by atoms with E-state index in [0.29, 0.717) is 0 Å². The Hall–Kier alpha value is -1.89. The molecule has 4 rings (SSSR count). The van der Waals surface area contributed by atoms with Gasteiger partial charge in [0.2, 0.25) is 11.8 Å². The highest BCUT2D eigenvalue weighted by molar-refractivity contribution is 5.87. The number of hydrogen-bond acceptors (Lipinski definition) is 4. The third kappa shape index (κ3) is 3.06. The number of rotatable bonds is 5. The van der Waals surface area contributed by atoms with Crippen molar-refractivity contribution in [2.75, 3.05) is 32.7 Å². The molecule has 4 heterocycles. The molecule has 3 fully saturated rings. The van der Waals surface area contributed by atoms with Crippen molar-refractivity contribution < 1.29 is 9.59 Å². The van der Waals surface area contributed by atoms with Crippen LogP contribution in [0.3, 0.4) is 0 Å². The van der Waals surface area contributed by atoms with Gasteiger partial charge in [-0.3, -0.25) is 14.3 Å². The average molecular weight is 374 g/mol. The second-order valence-electron chi connectivity index (χ2n) is 8.19. The molecule has 27 heavy (non-hydrogen) atoms. The quantitative estimate of drug-likeness (QED) is 0.778. The Bertz CT molecular complexity index is 683. The molecule has 7 heteroatoms. The molecule has 0 aromatic carbocycles. The molecule has 2 bridgehead atoms. The Labute approximate surface area is 161 Å². The van der Waals surface area contributed by atoms with E-state index in [1.54, 1.807) is 10.9 Å². The van der Waals surface area contributed by atoms with Crippen LogP contribution in [0.1, 0.15) is 39.5 Å². The van der Waals surface area contributed by atoms with Gasteiger partial charge in [-0.05, 0) is 38.3 Å². The normalized spacial score (nSPS) is 30.9. The monoisotopic (exact) mass is 373 g/mol. The molecule has 1 aromatic rings. The first kappa shape index (κ1) is 18.5. The third-order valence-electron chi connectivity index (χ3n) is 7.05. The highest BCUT2D eigenvalue weighted by atomic mass is 16.2. The average Bonchev–Trinajstić information content (AvgIpc) is 3.42. The van der Waals surface area contributed by atoms with Gasteiger partial charge in [0.25, 0.3) is 0 Å². The number of piperazine rings is 1. The maximum atomic E-state index is 13.6. The zero-order chi connectivity index (χ0) is 19.0. The second-order valence-corrected chi connectivity index (χ2v) is 8.19. The van der Waals surface area contributed by atoms with E-state index in [-0.39, 0.29) is 30.4 Å². The molecule has 0 spiro atoms. The molecule has 148 valence electrons. The standard InChI is InChI=1S/C20H31N5O2/c1-3-20(19(27)23-12-10-22(4-2)11-13-23)14-16-6-7-17(20)25(16)18(26)15-24-9-5-8-21-24/h5,8-9,16-17H,3-4,6-7,10-15H2,1-2H3/t16-,17+,20+/m0/s1. The lowest BCUT2D eigenvalue weighted by Crippen LogP contribution is -2.56. The van der Waals surface area contributed by atoms with Crippen molar-refractivity contribution in [3.05, 3.63) is 18.5 Å². The maximum absolute atomic E-state index is 13.6. The van der Waals surface area contributed by atoms with Crippen LogP contribution in [0.5, 0.6) is 0 Å². The summed E-state index contributed by atoms with van der Waals surface area (Å²) >= 11 is 0. The number of carbonyl (C=O) groups is 2. The molecule has 2 amide bonds. The van der Waals surface area contributed by atoms with Gasteiger partial charge >= 0.3 is 0 Å². The number of likely N-dealkylation sites (N-methyl/N-ethyl adjacent to an activating group) is 1. The highest BCUT2D eigenvalue weighted by Gasteiger charge is 2.61. The zero-order valence-electron chi connectivity index (χ0n) is 16.5. The molecule has 0 saturated carbocycles. The fraction of sp³-hybridized carbons (Fsp3) is 0.750. The van der Waals surface area contributed by atoms with Crippen LogP contribution < -0.4 is 0 Å². The van der Waals surface area contributed by atoms with Crippen molar-refractivity contribution >= 4 is 11.8 Å². The van der Waals surface area contributed by atoms with Crippen molar-refractivity contribution in [1.29, 1.82) is 0 Å². The first-order chi connectivity index (χ1) is 13.1. The molecule has 7 nitrogen and oxygen atoms in total. The Balaban J connectivity index is 1.50. The van der Waals surface area contributed by atoms with Gasteiger partial charge in [0.1, 0.15) is 6.54 Å². The molecule has 3 saturated heterocycles. The second kappa shape index (κ2) is 7.26. The topological polar surface area (TPSA) is 61.7 Å². The SMILES string of the molecule is CCN1CCN(C(=O)[C@]2(CC)C[C@@H]3CC[C@H]2N3C(=O)Cn2cccn2)CC1. The number of carbonyl (C=O) groups excluding carboxylic acids is 2. The summed E-state index contributed by atoms with van der Waals surface area (Å²) < 4.78 is 1.68. The minimum atomic E-state index is -0.392. The number of amides is 2. The van der Waals surface area contributed by atoms with Gasteiger partial charge in [0, 0.05) is 50.7 Å². The van der Waals surface area contributed by atoms with Crippen molar-refractivity contribution in [1.82, 2.24) is 24.5 Å². The molecule has 3 aliphatic heterocycles. The van der Waals surface area contributed by atoms with E-state index in [9.17, 15) is 9.59 Å². The van der Waals surface area contributed by atoms with Gasteiger partial charge in [-0.15, -0.1) is 0 Å². The van der Waals surface area contributed by atoms with Gasteiger partial charge in [-0.1, -0.05) is 13.8 Å². The van der Waals surface area contributed by atoms with Crippen LogP contribution >= 0.6 is 0 Å². The molecule has 0 N–H and O–H groups in total. The van der Waals surface area contributed by atoms with Crippen molar-refractivity contribution in [3.63, 3.8) is 0 Å². The zero-order valence-corrected chi connectivity index (χ0v) is 16.5. The summed E-state index contributed by atoms with van der Waals surface area (Å²) in [5.41, 5.74) is -0.392. The van der Waals surface area contributed by atoms with E-state index in [2.05, 4.69) is 28.7 Å². The summed E-state index contributed by atoms with van der Waals surface area (Å²) in [6, 6.07) is 2.09. The fourth-order valence-corrected chi connectivity index (χ4v) is 5.52. The summed E-state index contributed by atoms with van der Waals surface area (Å²) in [5.74, 6) is 0.384. The Morgan fingerprint density at radius 3 is 2.56 bits per heavy atom. The fourth-order valence-electron chi connectivity index (χ4n) is 5.52. The predicted octanol–water partition coefficient (Wildman–Crippen LogP) is 1.21. The largest absolute Gasteiger partial charge is 0.340 e. The van der Waals surface area contributed by atoms with E-state index >= 15 is 0 Å². The van der Waals surface area contributed by atoms with Crippen LogP contribution in [-0.2, 0) is 16.1 Å². The molecule has 1 aromatic heterocycles. The molecule has 3 atom stereocenters. The Morgan fingerprint density at radius 1 is 1.15 bits per heavy atom. The smallest absolute Gasteiger partial charge is 0.244 e. The third-order valence-corrected chi connectivity index (χ3v) is 7.05. The number of hydrogen-bond donors (Lipinski definition) is 0. The van der Waals surface area contributed by atoms with Crippen LogP contribution in [-0.4, -0.2) is 81.1 Å². The highest BCUT2D eigenvalue weighted by Crippen LogP contribution is 2.52. The van der Waals surface area contributed by atoms with Crippen molar-refractivity contribution in [2.24, 2.45) is 5.41 Å². The lowest BCUT2D eigenvalue weighted by molar-refractivity contribution is -0.147. The Morgan fingerprint density at radius 2 is 1.93 bits per heavy atom. The summed E-state index contributed by atoms with van der Waals surface area (Å²) in [5, 5.41) is 4.17. The molecule has 0 aliphatic carbocycles. The van der Waals surface area contributed by atoms with E-state index < -0.39 is 5.41 Å². The van der Waals surface area contributed by atoms with Crippen LogP contribution in [0, 0.1) is 5.41 Å².